The fourth-order valence-corrected chi connectivity index (χ4v) is 3.65. The first-order chi connectivity index (χ1) is 13.1. The Balaban J connectivity index is 2.14. The number of hydrogen-bond donors (Lipinski definition) is 0. The number of nitriles is 1. The predicted molar refractivity (Wildman–Crippen MR) is 112 cm³/mol. The second-order valence-electron chi connectivity index (χ2n) is 10.1. The molecule has 2 saturated heterocycles. The van der Waals surface area contributed by atoms with Gasteiger partial charge in [-0.05, 0) is 80.4 Å². The summed E-state index contributed by atoms with van der Waals surface area (Å²) in [5, 5.41) is 9.94. The highest BCUT2D eigenvalue weighted by atomic mass is 19.1. The van der Waals surface area contributed by atoms with Crippen molar-refractivity contribution >= 4 is 25.2 Å². The van der Waals surface area contributed by atoms with Gasteiger partial charge in [0.25, 0.3) is 0 Å². The Hall–Kier alpha value is -1.39. The summed E-state index contributed by atoms with van der Waals surface area (Å²) < 4.78 is 40.0. The predicted octanol–water partition coefficient (Wildman–Crippen LogP) is 2.91. The molecule has 0 amide bonds. The molecular weight excluding hydrogens is 371 g/mol. The molecule has 0 N–H and O–H groups in total. The molecule has 2 fully saturated rings. The van der Waals surface area contributed by atoms with E-state index in [1.807, 2.05) is 55.4 Å². The zero-order valence-electron chi connectivity index (χ0n) is 19.1. The molecule has 0 atom stereocenters. The molecule has 29 heavy (non-hydrogen) atoms. The first-order valence-electron chi connectivity index (χ1n) is 10.00. The van der Waals surface area contributed by atoms with Crippen LogP contribution in [0.15, 0.2) is 0 Å². The Bertz CT molecular complexity index is 873. The van der Waals surface area contributed by atoms with E-state index in [2.05, 4.69) is 6.07 Å². The molecule has 8 heteroatoms. The van der Waals surface area contributed by atoms with Gasteiger partial charge in [0.05, 0.1) is 34.0 Å². The molecule has 2 aliphatic heterocycles. The fourth-order valence-electron chi connectivity index (χ4n) is 3.65. The molecule has 0 spiro atoms. The van der Waals surface area contributed by atoms with E-state index in [1.165, 1.54) is 0 Å². The van der Waals surface area contributed by atoms with Crippen molar-refractivity contribution in [2.24, 2.45) is 0 Å². The molecule has 5 nitrogen and oxygen atoms in total. The average molecular weight is 401 g/mol. The molecule has 0 aromatic heterocycles. The summed E-state index contributed by atoms with van der Waals surface area (Å²) in [7, 11) is -1.71. The van der Waals surface area contributed by atoms with Crippen molar-refractivity contribution in [3.05, 3.63) is 22.5 Å². The van der Waals surface area contributed by atoms with Crippen molar-refractivity contribution in [1.82, 2.24) is 0 Å². The van der Waals surface area contributed by atoms with Crippen LogP contribution in [0.2, 0.25) is 0 Å². The Labute approximate surface area is 174 Å². The van der Waals surface area contributed by atoms with Crippen LogP contribution in [0.5, 0.6) is 0 Å². The minimum Gasteiger partial charge on any atom is -0.399 e. The van der Waals surface area contributed by atoms with Crippen LogP contribution >= 0.6 is 0 Å². The highest BCUT2D eigenvalue weighted by Crippen LogP contribution is 2.39. The zero-order valence-corrected chi connectivity index (χ0v) is 19.1. The molecule has 2 aliphatic rings. The number of benzene rings is 1. The van der Waals surface area contributed by atoms with Gasteiger partial charge < -0.3 is 18.6 Å². The highest BCUT2D eigenvalue weighted by Gasteiger charge is 2.55. The summed E-state index contributed by atoms with van der Waals surface area (Å²) in [5.41, 5.74) is -0.568. The van der Waals surface area contributed by atoms with Crippen molar-refractivity contribution in [1.29, 1.82) is 5.26 Å². The van der Waals surface area contributed by atoms with E-state index in [1.54, 1.807) is 13.8 Å². The lowest BCUT2D eigenvalue weighted by molar-refractivity contribution is 0.00578. The minimum absolute atomic E-state index is 0.262. The monoisotopic (exact) mass is 401 g/mol. The largest absolute Gasteiger partial charge is 0.498 e. The normalized spacial score (nSPS) is 24.1. The van der Waals surface area contributed by atoms with Gasteiger partial charge in [-0.25, -0.2) is 4.39 Å². The molecule has 1 aromatic carbocycles. The van der Waals surface area contributed by atoms with Gasteiger partial charge >= 0.3 is 14.2 Å². The van der Waals surface area contributed by atoms with Gasteiger partial charge in [-0.3, -0.25) is 0 Å². The Morgan fingerprint density at radius 2 is 1.03 bits per heavy atom. The van der Waals surface area contributed by atoms with Crippen LogP contribution < -0.4 is 10.9 Å². The minimum atomic E-state index is -0.891. The van der Waals surface area contributed by atoms with Crippen LogP contribution in [-0.4, -0.2) is 36.6 Å². The molecule has 0 bridgehead atoms. The van der Waals surface area contributed by atoms with Crippen molar-refractivity contribution < 1.29 is 23.0 Å². The van der Waals surface area contributed by atoms with E-state index in [0.29, 0.717) is 22.2 Å². The van der Waals surface area contributed by atoms with Crippen molar-refractivity contribution in [3.63, 3.8) is 0 Å². The fraction of sp³-hybridized carbons (Fsp3) is 0.667. The zero-order chi connectivity index (χ0) is 22.2. The van der Waals surface area contributed by atoms with Crippen molar-refractivity contribution in [3.8, 4) is 6.07 Å². The molecule has 0 radical (unpaired) electrons. The topological polar surface area (TPSA) is 60.7 Å². The summed E-state index contributed by atoms with van der Waals surface area (Å²) in [6.45, 7) is 18.7. The smallest absolute Gasteiger partial charge is 0.399 e. The van der Waals surface area contributed by atoms with Gasteiger partial charge in [-0.15, -0.1) is 0 Å². The summed E-state index contributed by atoms with van der Waals surface area (Å²) in [6.07, 6.45) is 0. The SMILES string of the molecule is Cc1c(C#N)c(B2OC(C)(C)C(C)(C)O2)c(C)c(F)c1B1OC(C)(C)C(C)(C)O1. The van der Waals surface area contributed by atoms with E-state index in [0.717, 1.165) is 0 Å². The van der Waals surface area contributed by atoms with Crippen LogP contribution in [0.1, 0.15) is 72.1 Å². The van der Waals surface area contributed by atoms with Gasteiger partial charge in [-0.2, -0.15) is 5.26 Å². The molecular formula is C21H30B2FNO4. The second kappa shape index (κ2) is 6.55. The van der Waals surface area contributed by atoms with E-state index in [4.69, 9.17) is 18.6 Å². The third-order valence-electron chi connectivity index (χ3n) is 7.11. The lowest BCUT2D eigenvalue weighted by Gasteiger charge is -2.32. The molecule has 0 saturated carbocycles. The maximum absolute atomic E-state index is 15.7. The maximum atomic E-state index is 15.7. The van der Waals surface area contributed by atoms with Gasteiger partial charge in [0.2, 0.25) is 0 Å². The standard InChI is InChI=1S/C21H30B2FNO4/c1-12-14(11-25)15(22-26-18(3,4)19(5,6)27-22)13(2)17(24)16(12)23-28-20(7,8)21(9,10)29-23/h1-10H3. The summed E-state index contributed by atoms with van der Waals surface area (Å²) in [4.78, 5) is 0. The summed E-state index contributed by atoms with van der Waals surface area (Å²) >= 11 is 0. The lowest BCUT2D eigenvalue weighted by atomic mass is 9.66. The van der Waals surface area contributed by atoms with Gasteiger partial charge in [0.15, 0.2) is 0 Å². The Morgan fingerprint density at radius 1 is 0.690 bits per heavy atom. The highest BCUT2D eigenvalue weighted by molar-refractivity contribution is 6.66. The molecule has 156 valence electrons. The van der Waals surface area contributed by atoms with Crippen LogP contribution in [0.3, 0.4) is 0 Å². The van der Waals surface area contributed by atoms with Crippen LogP contribution in [0, 0.1) is 31.0 Å². The van der Waals surface area contributed by atoms with Crippen LogP contribution in [0.4, 0.5) is 4.39 Å². The van der Waals surface area contributed by atoms with E-state index < -0.39 is 42.5 Å². The van der Waals surface area contributed by atoms with Gasteiger partial charge in [0, 0.05) is 10.9 Å². The van der Waals surface area contributed by atoms with Crippen LogP contribution in [0.25, 0.3) is 0 Å². The average Bonchev–Trinajstić information content (AvgIpc) is 2.89. The number of hydrogen-bond acceptors (Lipinski definition) is 5. The molecule has 1 aromatic rings. The first-order valence-corrected chi connectivity index (χ1v) is 10.00. The van der Waals surface area contributed by atoms with E-state index in [9.17, 15) is 5.26 Å². The number of rotatable bonds is 2. The number of nitrogens with zero attached hydrogens (tertiary/aromatic N) is 1. The van der Waals surface area contributed by atoms with Gasteiger partial charge in [-0.1, -0.05) is 0 Å². The van der Waals surface area contributed by atoms with E-state index in [-0.39, 0.29) is 5.46 Å². The third-order valence-corrected chi connectivity index (χ3v) is 7.11. The van der Waals surface area contributed by atoms with Crippen molar-refractivity contribution in [2.75, 3.05) is 0 Å². The summed E-state index contributed by atoms with van der Waals surface area (Å²) in [5.74, 6) is -0.454. The Morgan fingerprint density at radius 3 is 1.38 bits per heavy atom. The lowest BCUT2D eigenvalue weighted by Crippen LogP contribution is -2.46. The maximum Gasteiger partial charge on any atom is 0.498 e. The Kier molecular flexibility index (Phi) is 5.04. The van der Waals surface area contributed by atoms with E-state index >= 15 is 4.39 Å². The summed E-state index contributed by atoms with van der Waals surface area (Å²) in [6, 6.07) is 2.23. The number of halogens is 1. The second-order valence-corrected chi connectivity index (χ2v) is 10.1. The van der Waals surface area contributed by atoms with Crippen molar-refractivity contribution in [2.45, 2.75) is 91.6 Å². The third kappa shape index (κ3) is 3.23. The molecule has 0 aliphatic carbocycles. The van der Waals surface area contributed by atoms with Crippen LogP contribution in [-0.2, 0) is 18.6 Å². The first kappa shape index (κ1) is 22.3. The molecule has 3 rings (SSSR count). The quantitative estimate of drug-likeness (QED) is 0.714. The molecule has 0 unspecified atom stereocenters. The van der Waals surface area contributed by atoms with Gasteiger partial charge in [0.1, 0.15) is 5.82 Å². The molecule has 2 heterocycles.